The van der Waals surface area contributed by atoms with Gasteiger partial charge in [-0.15, -0.1) is 11.8 Å². The van der Waals surface area contributed by atoms with Crippen molar-refractivity contribution in [2.24, 2.45) is 4.99 Å². The molecule has 0 amide bonds. The third-order valence-corrected chi connectivity index (χ3v) is 9.72. The number of carbonyl (C=O) groups is 1. The van der Waals surface area contributed by atoms with E-state index in [0.29, 0.717) is 37.2 Å². The van der Waals surface area contributed by atoms with Crippen molar-refractivity contribution in [3.8, 4) is 0 Å². The van der Waals surface area contributed by atoms with Crippen LogP contribution in [-0.2, 0) is 16.1 Å². The first-order valence-corrected chi connectivity index (χ1v) is 16.4. The second-order valence-electron chi connectivity index (χ2n) is 10.0. The summed E-state index contributed by atoms with van der Waals surface area (Å²) in [5.74, 6) is -0.471. The monoisotopic (exact) mass is 647 g/mol. The van der Waals surface area contributed by atoms with Crippen molar-refractivity contribution in [3.63, 3.8) is 0 Å². The maximum absolute atomic E-state index is 14.1. The molecule has 218 valence electrons. The number of carbonyl (C=O) groups excluding carboxylic acids is 1. The van der Waals surface area contributed by atoms with Crippen molar-refractivity contribution in [2.45, 2.75) is 31.3 Å². The van der Waals surface area contributed by atoms with E-state index in [-0.39, 0.29) is 12.2 Å². The number of nitrogens with zero attached hydrogens (tertiary/aromatic N) is 3. The second kappa shape index (κ2) is 12.2. The minimum absolute atomic E-state index is 0.213. The highest BCUT2D eigenvalue weighted by Crippen LogP contribution is 2.32. The van der Waals surface area contributed by atoms with Gasteiger partial charge in [-0.3, -0.25) is 9.36 Å². The maximum Gasteiger partial charge on any atom is 0.338 e. The molecule has 3 aromatic carbocycles. The number of thioether (sulfide) groups is 1. The number of fused-ring (bicyclic) bond motifs is 2. The lowest BCUT2D eigenvalue weighted by Gasteiger charge is -2.24. The Kier molecular flexibility index (Phi) is 8.38. The van der Waals surface area contributed by atoms with Crippen molar-refractivity contribution in [2.75, 3.05) is 12.9 Å². The number of halogens is 2. The normalized spacial score (nSPS) is 15.1. The number of hydrogen-bond acceptors (Lipinski definition) is 6. The van der Waals surface area contributed by atoms with E-state index in [1.807, 2.05) is 79.2 Å². The van der Waals surface area contributed by atoms with Gasteiger partial charge < -0.3 is 9.30 Å². The molecule has 1 atom stereocenters. The minimum Gasteiger partial charge on any atom is -0.463 e. The summed E-state index contributed by atoms with van der Waals surface area (Å²) in [5, 5.41) is 2.19. The summed E-state index contributed by atoms with van der Waals surface area (Å²) in [6, 6.07) is 20.8. The van der Waals surface area contributed by atoms with Crippen LogP contribution in [0.5, 0.6) is 0 Å². The van der Waals surface area contributed by atoms with Crippen LogP contribution in [0, 0.1) is 0 Å². The number of esters is 1. The highest BCUT2D eigenvalue weighted by atomic mass is 35.5. The standard InChI is InChI=1S/C33H27Cl2N3O3S2/c1-4-41-32(40)29-19(2)36-33-38(30(29)20-10-13-24(42-3)14-11-20)31(39)28(43-33)15-22-18-37(27-8-6-5-7-25(22)27)17-21-9-12-23(34)16-26(21)35/h5-16,18,30H,4,17H2,1-3H3/b28-15+. The summed E-state index contributed by atoms with van der Waals surface area (Å²) in [5.41, 5.74) is 4.37. The van der Waals surface area contributed by atoms with Gasteiger partial charge in [-0.25, -0.2) is 9.79 Å². The lowest BCUT2D eigenvalue weighted by Crippen LogP contribution is -2.39. The highest BCUT2D eigenvalue weighted by molar-refractivity contribution is 7.98. The number of ether oxygens (including phenoxy) is 1. The summed E-state index contributed by atoms with van der Waals surface area (Å²) >= 11 is 15.6. The third-order valence-electron chi connectivity index (χ3n) is 7.41. The summed E-state index contributed by atoms with van der Waals surface area (Å²) < 4.78 is 9.68. The molecule has 0 N–H and O–H groups in total. The SMILES string of the molecule is CCOC(=O)C1=C(C)N=c2s/c(=C/c3cn(Cc4ccc(Cl)cc4Cl)c4ccccc34)c(=O)n2C1c1ccc(SC)cc1. The van der Waals surface area contributed by atoms with E-state index in [9.17, 15) is 9.59 Å². The summed E-state index contributed by atoms with van der Waals surface area (Å²) in [6.07, 6.45) is 5.94. The molecule has 1 unspecified atom stereocenters. The molecule has 2 aromatic heterocycles. The van der Waals surface area contributed by atoms with E-state index < -0.39 is 12.0 Å². The van der Waals surface area contributed by atoms with Gasteiger partial charge in [0, 0.05) is 44.1 Å². The predicted molar refractivity (Wildman–Crippen MR) is 176 cm³/mol. The molecule has 0 fully saturated rings. The molecule has 0 bridgehead atoms. The topological polar surface area (TPSA) is 65.6 Å². The van der Waals surface area contributed by atoms with Crippen molar-refractivity contribution in [1.29, 1.82) is 0 Å². The first-order valence-electron chi connectivity index (χ1n) is 13.6. The summed E-state index contributed by atoms with van der Waals surface area (Å²) in [6.45, 7) is 4.33. The van der Waals surface area contributed by atoms with E-state index in [2.05, 4.69) is 4.57 Å². The smallest absolute Gasteiger partial charge is 0.338 e. The molecule has 0 aliphatic carbocycles. The first-order chi connectivity index (χ1) is 20.8. The summed E-state index contributed by atoms with van der Waals surface area (Å²) in [4.78, 5) is 33.7. The lowest BCUT2D eigenvalue weighted by molar-refractivity contribution is -0.139. The average molecular weight is 649 g/mol. The lowest BCUT2D eigenvalue weighted by atomic mass is 9.96. The molecule has 6 rings (SSSR count). The Morgan fingerprint density at radius 3 is 2.60 bits per heavy atom. The highest BCUT2D eigenvalue weighted by Gasteiger charge is 2.33. The van der Waals surface area contributed by atoms with Gasteiger partial charge >= 0.3 is 5.97 Å². The molecule has 0 spiro atoms. The van der Waals surface area contributed by atoms with E-state index in [4.69, 9.17) is 32.9 Å². The van der Waals surface area contributed by atoms with E-state index >= 15 is 0 Å². The number of rotatable bonds is 7. The van der Waals surface area contributed by atoms with Gasteiger partial charge in [-0.05, 0) is 67.6 Å². The van der Waals surface area contributed by atoms with E-state index in [1.54, 1.807) is 36.2 Å². The Labute approximate surface area is 266 Å². The number of benzene rings is 3. The second-order valence-corrected chi connectivity index (χ2v) is 12.8. The van der Waals surface area contributed by atoms with Crippen molar-refractivity contribution < 1.29 is 9.53 Å². The minimum atomic E-state index is -0.651. The van der Waals surface area contributed by atoms with Crippen LogP contribution in [0.15, 0.2) is 98.9 Å². The van der Waals surface area contributed by atoms with Crippen LogP contribution >= 0.6 is 46.3 Å². The molecule has 10 heteroatoms. The van der Waals surface area contributed by atoms with Gasteiger partial charge in [0.25, 0.3) is 5.56 Å². The molecule has 5 aromatic rings. The zero-order valence-corrected chi connectivity index (χ0v) is 26.8. The summed E-state index contributed by atoms with van der Waals surface area (Å²) in [7, 11) is 0. The molecule has 0 saturated heterocycles. The Hall–Kier alpha value is -3.56. The van der Waals surface area contributed by atoms with Gasteiger partial charge in [-0.1, -0.05) is 70.9 Å². The van der Waals surface area contributed by atoms with Crippen molar-refractivity contribution in [1.82, 2.24) is 9.13 Å². The fourth-order valence-corrected chi connectivity index (χ4v) is 7.30. The molecule has 0 radical (unpaired) electrons. The Morgan fingerprint density at radius 1 is 1.12 bits per heavy atom. The first kappa shape index (κ1) is 29.5. The van der Waals surface area contributed by atoms with Crippen LogP contribution in [0.1, 0.15) is 36.6 Å². The van der Waals surface area contributed by atoms with Crippen LogP contribution in [-0.4, -0.2) is 28.0 Å². The Balaban J connectivity index is 1.50. The quantitative estimate of drug-likeness (QED) is 0.143. The van der Waals surface area contributed by atoms with Gasteiger partial charge in [0.2, 0.25) is 0 Å². The van der Waals surface area contributed by atoms with Gasteiger partial charge in [0.05, 0.1) is 28.5 Å². The van der Waals surface area contributed by atoms with Crippen LogP contribution in [0.4, 0.5) is 0 Å². The number of thiazole rings is 1. The predicted octanol–water partition coefficient (Wildman–Crippen LogP) is 6.83. The molecule has 1 aliphatic rings. The van der Waals surface area contributed by atoms with Gasteiger partial charge in [0.1, 0.15) is 0 Å². The number of para-hydroxylation sites is 1. The zero-order chi connectivity index (χ0) is 30.2. The van der Waals surface area contributed by atoms with Crippen molar-refractivity contribution >= 4 is 69.2 Å². The number of hydrogen-bond donors (Lipinski definition) is 0. The fraction of sp³-hybridized carbons (Fsp3) is 0.182. The molecular weight excluding hydrogens is 621 g/mol. The molecule has 3 heterocycles. The van der Waals surface area contributed by atoms with E-state index in [0.717, 1.165) is 32.5 Å². The van der Waals surface area contributed by atoms with Crippen LogP contribution in [0.3, 0.4) is 0 Å². The fourth-order valence-electron chi connectivity index (χ4n) is 5.39. The largest absolute Gasteiger partial charge is 0.463 e. The van der Waals surface area contributed by atoms with Crippen LogP contribution in [0.2, 0.25) is 10.0 Å². The Bertz CT molecular complexity index is 2090. The van der Waals surface area contributed by atoms with Gasteiger partial charge in [-0.2, -0.15) is 0 Å². The average Bonchev–Trinajstić information content (AvgIpc) is 3.50. The Morgan fingerprint density at radius 2 is 1.88 bits per heavy atom. The van der Waals surface area contributed by atoms with E-state index in [1.165, 1.54) is 11.3 Å². The molecular formula is C33H27Cl2N3O3S2. The molecule has 0 saturated carbocycles. The number of aromatic nitrogens is 2. The number of allylic oxidation sites excluding steroid dienone is 1. The zero-order valence-electron chi connectivity index (χ0n) is 23.6. The van der Waals surface area contributed by atoms with Crippen molar-refractivity contribution in [3.05, 3.63) is 131 Å². The van der Waals surface area contributed by atoms with Gasteiger partial charge in [0.15, 0.2) is 4.80 Å². The third kappa shape index (κ3) is 5.60. The maximum atomic E-state index is 14.1. The van der Waals surface area contributed by atoms with Crippen LogP contribution < -0.4 is 14.9 Å². The molecule has 43 heavy (non-hydrogen) atoms. The molecule has 1 aliphatic heterocycles. The molecule has 6 nitrogen and oxygen atoms in total. The van der Waals surface area contributed by atoms with Crippen LogP contribution in [0.25, 0.3) is 17.0 Å².